The molecule has 0 aromatic carbocycles. The monoisotopic (exact) mass is 448 g/mol. The Balaban J connectivity index is 1.07. The molecular weight excluding hydrogens is 404 g/mol. The van der Waals surface area contributed by atoms with Crippen LogP contribution in [0.1, 0.15) is 122 Å². The Morgan fingerprint density at radius 3 is 1.67 bits per heavy atom. The van der Waals surface area contributed by atoms with Gasteiger partial charge < -0.3 is 0 Å². The lowest BCUT2D eigenvalue weighted by molar-refractivity contribution is 0.0301. The molecule has 8 rings (SSSR count). The second-order valence-corrected chi connectivity index (χ2v) is 14.9. The zero-order valence-corrected chi connectivity index (χ0v) is 20.9. The molecule has 0 aromatic rings. The standard InChI is InChI=1S/C29H44N4/c1-25(14-22-6-13-29(25,17-22)33-31-27-10-4-21(16-27)5-11-27)24-19-28(12-7-23(24)18-28)32-30-26-8-2-20(15-26)3-9-26/h20-24H,2-19H2,1H3/t20?,21?,22-,23+,24-,25-,26?,27?,28-,29+/m1/s1. The van der Waals surface area contributed by atoms with E-state index in [0.29, 0.717) is 5.41 Å². The van der Waals surface area contributed by atoms with Gasteiger partial charge in [-0.1, -0.05) is 6.92 Å². The summed E-state index contributed by atoms with van der Waals surface area (Å²) in [7, 11) is 0. The van der Waals surface area contributed by atoms with Crippen LogP contribution in [-0.4, -0.2) is 22.2 Å². The molecule has 0 radical (unpaired) electrons. The normalized spacial score (nSPS) is 60.6. The van der Waals surface area contributed by atoms with Crippen molar-refractivity contribution in [3.05, 3.63) is 0 Å². The SMILES string of the molecule is C[C@]1([C@@H]2C[C@@]3(N=NC45CCC(CC4)C5)CC[C@H]2C3)C[C@H]2CC[C@]1(N=NC13CCC(CC1)C3)C2. The van der Waals surface area contributed by atoms with E-state index >= 15 is 0 Å². The third-order valence-corrected chi connectivity index (χ3v) is 13.3. The molecule has 180 valence electrons. The smallest absolute Gasteiger partial charge is 0.0875 e. The van der Waals surface area contributed by atoms with Crippen LogP contribution in [0.5, 0.6) is 0 Å². The first kappa shape index (κ1) is 20.4. The summed E-state index contributed by atoms with van der Waals surface area (Å²) in [5.41, 5.74) is 1.16. The maximum atomic E-state index is 5.48. The highest BCUT2D eigenvalue weighted by Crippen LogP contribution is 2.70. The average Bonchev–Trinajstić information content (AvgIpc) is 3.68. The van der Waals surface area contributed by atoms with Gasteiger partial charge in [-0.05, 0) is 151 Å². The van der Waals surface area contributed by atoms with Crippen molar-refractivity contribution in [3.63, 3.8) is 0 Å². The molecule has 8 aliphatic rings. The number of azo groups is 2. The first-order chi connectivity index (χ1) is 15.9. The summed E-state index contributed by atoms with van der Waals surface area (Å²) in [5, 5.41) is 21.3. The highest BCUT2D eigenvalue weighted by molar-refractivity contribution is 5.21. The van der Waals surface area contributed by atoms with Crippen LogP contribution in [0.15, 0.2) is 20.5 Å². The molecule has 0 aliphatic heterocycles. The predicted octanol–water partition coefficient (Wildman–Crippen LogP) is 8.06. The van der Waals surface area contributed by atoms with E-state index in [2.05, 4.69) is 6.92 Å². The molecule has 8 aliphatic carbocycles. The van der Waals surface area contributed by atoms with Crippen LogP contribution in [-0.2, 0) is 0 Å². The summed E-state index contributed by atoms with van der Waals surface area (Å²) in [6.07, 6.45) is 24.3. The number of hydrogen-bond acceptors (Lipinski definition) is 4. The van der Waals surface area contributed by atoms with Crippen LogP contribution < -0.4 is 0 Å². The molecule has 0 N–H and O–H groups in total. The maximum Gasteiger partial charge on any atom is 0.0875 e. The zero-order valence-electron chi connectivity index (χ0n) is 20.9. The fourth-order valence-corrected chi connectivity index (χ4v) is 11.5. The lowest BCUT2D eigenvalue weighted by atomic mass is 9.58. The van der Waals surface area contributed by atoms with Gasteiger partial charge in [-0.2, -0.15) is 20.5 Å². The summed E-state index contributed by atoms with van der Waals surface area (Å²) >= 11 is 0. The Morgan fingerprint density at radius 1 is 0.485 bits per heavy atom. The van der Waals surface area contributed by atoms with Gasteiger partial charge in [-0.15, -0.1) is 0 Å². The summed E-state index contributed by atoms with van der Waals surface area (Å²) in [6.45, 7) is 2.66. The first-order valence-electron chi connectivity index (χ1n) is 14.8. The largest absolute Gasteiger partial charge is 0.187 e. The first-order valence-corrected chi connectivity index (χ1v) is 14.8. The van der Waals surface area contributed by atoms with Gasteiger partial charge in [0, 0.05) is 0 Å². The van der Waals surface area contributed by atoms with Crippen LogP contribution in [0.25, 0.3) is 0 Å². The molecule has 0 unspecified atom stereocenters. The molecule has 33 heavy (non-hydrogen) atoms. The van der Waals surface area contributed by atoms with E-state index in [-0.39, 0.29) is 22.2 Å². The van der Waals surface area contributed by atoms with Crippen LogP contribution in [0, 0.1) is 35.0 Å². The highest BCUT2D eigenvalue weighted by atomic mass is 15.2. The molecule has 0 spiro atoms. The summed E-state index contributed by atoms with van der Waals surface area (Å²) in [4.78, 5) is 0. The lowest BCUT2D eigenvalue weighted by Gasteiger charge is -2.49. The topological polar surface area (TPSA) is 49.4 Å². The Hall–Kier alpha value is -0.800. The minimum atomic E-state index is 0.142. The molecule has 8 bridgehead atoms. The fourth-order valence-electron chi connectivity index (χ4n) is 11.5. The minimum absolute atomic E-state index is 0.142. The predicted molar refractivity (Wildman–Crippen MR) is 129 cm³/mol. The third kappa shape index (κ3) is 2.76. The van der Waals surface area contributed by atoms with Gasteiger partial charge in [0.05, 0.1) is 22.2 Å². The molecule has 8 saturated carbocycles. The Labute approximate surface area is 200 Å². The highest BCUT2D eigenvalue weighted by Gasteiger charge is 2.68. The van der Waals surface area contributed by atoms with Crippen molar-refractivity contribution >= 4 is 0 Å². The molecule has 0 saturated heterocycles. The molecule has 0 heterocycles. The van der Waals surface area contributed by atoms with Crippen molar-refractivity contribution in [2.45, 2.75) is 145 Å². The molecule has 8 fully saturated rings. The van der Waals surface area contributed by atoms with Crippen molar-refractivity contribution in [2.24, 2.45) is 55.5 Å². The molecule has 4 nitrogen and oxygen atoms in total. The van der Waals surface area contributed by atoms with Crippen LogP contribution in [0.2, 0.25) is 0 Å². The van der Waals surface area contributed by atoms with Crippen LogP contribution in [0.4, 0.5) is 0 Å². The van der Waals surface area contributed by atoms with Gasteiger partial charge >= 0.3 is 0 Å². The summed E-state index contributed by atoms with van der Waals surface area (Å²) in [6, 6.07) is 0. The molecule has 0 amide bonds. The molecule has 0 aromatic heterocycles. The van der Waals surface area contributed by atoms with E-state index in [1.807, 2.05) is 0 Å². The van der Waals surface area contributed by atoms with Crippen molar-refractivity contribution < 1.29 is 0 Å². The number of fused-ring (bicyclic) bond motifs is 8. The minimum Gasteiger partial charge on any atom is -0.187 e. The summed E-state index contributed by atoms with van der Waals surface area (Å²) < 4.78 is 0. The van der Waals surface area contributed by atoms with Crippen molar-refractivity contribution in [1.82, 2.24) is 0 Å². The quantitative estimate of drug-likeness (QED) is 0.382. The van der Waals surface area contributed by atoms with Gasteiger partial charge in [-0.3, -0.25) is 0 Å². The van der Waals surface area contributed by atoms with E-state index in [1.165, 1.54) is 116 Å². The third-order valence-electron chi connectivity index (χ3n) is 13.3. The Morgan fingerprint density at radius 2 is 1.06 bits per heavy atom. The Kier molecular flexibility index (Phi) is 4.01. The molecule has 4 heteroatoms. The van der Waals surface area contributed by atoms with Gasteiger partial charge in [-0.25, -0.2) is 0 Å². The van der Waals surface area contributed by atoms with Gasteiger partial charge in [0.25, 0.3) is 0 Å². The van der Waals surface area contributed by atoms with Crippen molar-refractivity contribution in [1.29, 1.82) is 0 Å². The number of hydrogen-bond donors (Lipinski definition) is 0. The fraction of sp³-hybridized carbons (Fsp3) is 1.00. The summed E-state index contributed by atoms with van der Waals surface area (Å²) in [5.74, 6) is 4.47. The van der Waals surface area contributed by atoms with Gasteiger partial charge in [0.15, 0.2) is 0 Å². The van der Waals surface area contributed by atoms with E-state index in [9.17, 15) is 0 Å². The van der Waals surface area contributed by atoms with Gasteiger partial charge in [0.2, 0.25) is 0 Å². The second-order valence-electron chi connectivity index (χ2n) is 14.9. The number of rotatable bonds is 5. The van der Waals surface area contributed by atoms with E-state index in [4.69, 9.17) is 20.5 Å². The van der Waals surface area contributed by atoms with E-state index in [1.54, 1.807) is 0 Å². The molecule has 6 atom stereocenters. The second kappa shape index (κ2) is 6.49. The van der Waals surface area contributed by atoms with Crippen LogP contribution >= 0.6 is 0 Å². The van der Waals surface area contributed by atoms with E-state index in [0.717, 1.165) is 29.6 Å². The zero-order chi connectivity index (χ0) is 21.9. The van der Waals surface area contributed by atoms with Crippen LogP contribution in [0.3, 0.4) is 0 Å². The lowest BCUT2D eigenvalue weighted by Crippen LogP contribution is -2.48. The van der Waals surface area contributed by atoms with Crippen molar-refractivity contribution in [2.75, 3.05) is 0 Å². The van der Waals surface area contributed by atoms with E-state index < -0.39 is 0 Å². The molecular formula is C29H44N4. The Bertz CT molecular complexity index is 893. The van der Waals surface area contributed by atoms with Gasteiger partial charge in [0.1, 0.15) is 0 Å². The average molecular weight is 449 g/mol. The maximum absolute atomic E-state index is 5.48. The van der Waals surface area contributed by atoms with Crippen molar-refractivity contribution in [3.8, 4) is 0 Å². The number of nitrogens with zero attached hydrogens (tertiary/aromatic N) is 4.